The van der Waals surface area contributed by atoms with E-state index in [9.17, 15) is 9.59 Å². The van der Waals surface area contributed by atoms with Crippen molar-refractivity contribution in [3.8, 4) is 0 Å². The molecular formula is C20H30N2O4. The molecule has 0 atom stereocenters. The quantitative estimate of drug-likeness (QED) is 0.767. The van der Waals surface area contributed by atoms with Crippen molar-refractivity contribution in [2.75, 3.05) is 19.7 Å². The van der Waals surface area contributed by atoms with Gasteiger partial charge in [-0.25, -0.2) is 4.79 Å². The fraction of sp³-hybridized carbons (Fsp3) is 0.650. The zero-order valence-corrected chi connectivity index (χ0v) is 16.5. The van der Waals surface area contributed by atoms with Crippen LogP contribution in [0, 0.1) is 12.3 Å². The van der Waals surface area contributed by atoms with Gasteiger partial charge in [-0.3, -0.25) is 9.78 Å². The number of rotatable bonds is 4. The third-order valence-electron chi connectivity index (χ3n) is 4.57. The number of carbonyl (C=O) groups is 2. The summed E-state index contributed by atoms with van der Waals surface area (Å²) < 4.78 is 10.8. The van der Waals surface area contributed by atoms with Gasteiger partial charge in [0.1, 0.15) is 5.60 Å². The highest BCUT2D eigenvalue weighted by atomic mass is 16.6. The molecule has 144 valence electrons. The van der Waals surface area contributed by atoms with Gasteiger partial charge in [0.25, 0.3) is 0 Å². The average Bonchev–Trinajstić information content (AvgIpc) is 2.54. The van der Waals surface area contributed by atoms with E-state index < -0.39 is 11.0 Å². The first-order chi connectivity index (χ1) is 12.1. The maximum Gasteiger partial charge on any atom is 0.410 e. The van der Waals surface area contributed by atoms with E-state index in [2.05, 4.69) is 4.98 Å². The van der Waals surface area contributed by atoms with E-state index >= 15 is 0 Å². The monoisotopic (exact) mass is 362 g/mol. The summed E-state index contributed by atoms with van der Waals surface area (Å²) in [5, 5.41) is 0. The predicted octanol–water partition coefficient (Wildman–Crippen LogP) is 3.51. The van der Waals surface area contributed by atoms with Crippen molar-refractivity contribution in [1.29, 1.82) is 0 Å². The Hall–Kier alpha value is -2.11. The van der Waals surface area contributed by atoms with E-state index in [1.165, 1.54) is 0 Å². The number of piperidine rings is 1. The van der Waals surface area contributed by atoms with Crippen LogP contribution in [0.4, 0.5) is 4.79 Å². The average molecular weight is 362 g/mol. The zero-order chi connectivity index (χ0) is 19.4. The molecular weight excluding hydrogens is 332 g/mol. The number of carbonyl (C=O) groups excluding carboxylic acids is 2. The Bertz CT molecular complexity index is 643. The third kappa shape index (κ3) is 5.19. The van der Waals surface area contributed by atoms with Crippen LogP contribution in [0.25, 0.3) is 0 Å². The molecule has 0 unspecified atom stereocenters. The molecule has 1 fully saturated rings. The van der Waals surface area contributed by atoms with E-state index in [4.69, 9.17) is 9.47 Å². The highest BCUT2D eigenvalue weighted by Crippen LogP contribution is 2.37. The molecule has 0 N–H and O–H groups in total. The summed E-state index contributed by atoms with van der Waals surface area (Å²) in [6, 6.07) is 3.94. The topological polar surface area (TPSA) is 68.7 Å². The molecule has 6 nitrogen and oxygen atoms in total. The second-order valence-corrected chi connectivity index (χ2v) is 7.97. The first-order valence-electron chi connectivity index (χ1n) is 9.22. The highest BCUT2D eigenvalue weighted by molar-refractivity contribution is 5.78. The van der Waals surface area contributed by atoms with Crippen LogP contribution in [-0.2, 0) is 20.7 Å². The third-order valence-corrected chi connectivity index (χ3v) is 4.57. The molecule has 1 saturated heterocycles. The molecule has 1 aromatic rings. The second kappa shape index (κ2) is 8.06. The number of aromatic nitrogens is 1. The Morgan fingerprint density at radius 2 is 1.92 bits per heavy atom. The number of hydrogen-bond acceptors (Lipinski definition) is 5. The van der Waals surface area contributed by atoms with Crippen molar-refractivity contribution >= 4 is 12.1 Å². The standard InChI is InChI=1S/C20H30N2O4/c1-6-25-17(23)20(14-16-13-15(2)7-10-21-16)8-11-22(12-9-20)18(24)26-19(3,4)5/h7,10,13H,6,8-9,11-12,14H2,1-5H3. The zero-order valence-electron chi connectivity index (χ0n) is 16.5. The van der Waals surface area contributed by atoms with Gasteiger partial charge < -0.3 is 14.4 Å². The summed E-state index contributed by atoms with van der Waals surface area (Å²) in [5.74, 6) is -0.202. The second-order valence-electron chi connectivity index (χ2n) is 7.97. The molecule has 1 aliphatic rings. The minimum atomic E-state index is -0.644. The van der Waals surface area contributed by atoms with E-state index in [1.54, 1.807) is 11.1 Å². The van der Waals surface area contributed by atoms with E-state index in [1.807, 2.05) is 46.8 Å². The number of nitrogens with zero attached hydrogens (tertiary/aromatic N) is 2. The van der Waals surface area contributed by atoms with Crippen LogP contribution in [0.2, 0.25) is 0 Å². The minimum absolute atomic E-state index is 0.202. The summed E-state index contributed by atoms with van der Waals surface area (Å²) in [4.78, 5) is 31.1. The number of hydrogen-bond donors (Lipinski definition) is 0. The Balaban J connectivity index is 2.13. The van der Waals surface area contributed by atoms with E-state index in [0.29, 0.717) is 39.0 Å². The van der Waals surface area contributed by atoms with Gasteiger partial charge in [0, 0.05) is 31.4 Å². The normalized spacial score (nSPS) is 16.9. The fourth-order valence-electron chi connectivity index (χ4n) is 3.22. The van der Waals surface area contributed by atoms with Gasteiger partial charge in [-0.2, -0.15) is 0 Å². The van der Waals surface area contributed by atoms with Gasteiger partial charge in [-0.05, 0) is 65.2 Å². The number of amides is 1. The number of likely N-dealkylation sites (tertiary alicyclic amines) is 1. The van der Waals surface area contributed by atoms with Crippen LogP contribution >= 0.6 is 0 Å². The number of esters is 1. The lowest BCUT2D eigenvalue weighted by Gasteiger charge is -2.40. The molecule has 0 aliphatic carbocycles. The lowest BCUT2D eigenvalue weighted by atomic mass is 9.74. The van der Waals surface area contributed by atoms with Crippen LogP contribution in [-0.4, -0.2) is 47.2 Å². The lowest BCUT2D eigenvalue weighted by Crippen LogP contribution is -2.49. The van der Waals surface area contributed by atoms with E-state index in [-0.39, 0.29) is 12.1 Å². The number of ether oxygens (including phenoxy) is 2. The Kier molecular flexibility index (Phi) is 6.26. The molecule has 0 bridgehead atoms. The van der Waals surface area contributed by atoms with Crippen molar-refractivity contribution in [1.82, 2.24) is 9.88 Å². The van der Waals surface area contributed by atoms with Gasteiger partial charge >= 0.3 is 12.1 Å². The summed E-state index contributed by atoms with van der Waals surface area (Å²) in [7, 11) is 0. The Labute approximate surface area is 155 Å². The van der Waals surface area contributed by atoms with Crippen LogP contribution < -0.4 is 0 Å². The molecule has 1 aromatic heterocycles. The maximum atomic E-state index is 12.7. The predicted molar refractivity (Wildman–Crippen MR) is 98.8 cm³/mol. The van der Waals surface area contributed by atoms with Crippen LogP contribution in [0.3, 0.4) is 0 Å². The number of pyridine rings is 1. The van der Waals surface area contributed by atoms with Crippen molar-refractivity contribution in [2.24, 2.45) is 5.41 Å². The van der Waals surface area contributed by atoms with Crippen molar-refractivity contribution in [3.63, 3.8) is 0 Å². The van der Waals surface area contributed by atoms with Crippen LogP contribution in [0.1, 0.15) is 51.8 Å². The van der Waals surface area contributed by atoms with Gasteiger partial charge in [0.15, 0.2) is 0 Å². The molecule has 1 amide bonds. The summed E-state index contributed by atoms with van der Waals surface area (Å²) in [6.07, 6.45) is 3.04. The molecule has 0 spiro atoms. The Morgan fingerprint density at radius 3 is 2.46 bits per heavy atom. The van der Waals surface area contributed by atoms with Crippen molar-refractivity contribution in [2.45, 2.75) is 59.5 Å². The van der Waals surface area contributed by atoms with Crippen LogP contribution in [0.15, 0.2) is 18.3 Å². The molecule has 2 rings (SSSR count). The summed E-state index contributed by atoms with van der Waals surface area (Å²) in [6.45, 7) is 10.7. The SMILES string of the molecule is CCOC(=O)C1(Cc2cc(C)ccn2)CCN(C(=O)OC(C)(C)C)CC1. The Morgan fingerprint density at radius 1 is 1.27 bits per heavy atom. The molecule has 26 heavy (non-hydrogen) atoms. The van der Waals surface area contributed by atoms with Gasteiger partial charge in [0.2, 0.25) is 0 Å². The first kappa shape index (κ1) is 20.2. The largest absolute Gasteiger partial charge is 0.466 e. The minimum Gasteiger partial charge on any atom is -0.466 e. The smallest absolute Gasteiger partial charge is 0.410 e. The van der Waals surface area contributed by atoms with Gasteiger partial charge in [-0.15, -0.1) is 0 Å². The van der Waals surface area contributed by atoms with Crippen molar-refractivity contribution < 1.29 is 19.1 Å². The summed E-state index contributed by atoms with van der Waals surface area (Å²) >= 11 is 0. The molecule has 0 radical (unpaired) electrons. The van der Waals surface area contributed by atoms with Gasteiger partial charge in [0.05, 0.1) is 12.0 Å². The summed E-state index contributed by atoms with van der Waals surface area (Å²) in [5.41, 5.74) is 0.817. The van der Waals surface area contributed by atoms with Crippen LogP contribution in [0.5, 0.6) is 0 Å². The first-order valence-corrected chi connectivity index (χ1v) is 9.22. The number of aryl methyl sites for hydroxylation is 1. The van der Waals surface area contributed by atoms with Crippen molar-refractivity contribution in [3.05, 3.63) is 29.6 Å². The molecule has 0 saturated carbocycles. The molecule has 0 aromatic carbocycles. The lowest BCUT2D eigenvalue weighted by molar-refractivity contribution is -0.158. The molecule has 6 heteroatoms. The fourth-order valence-corrected chi connectivity index (χ4v) is 3.22. The highest BCUT2D eigenvalue weighted by Gasteiger charge is 2.44. The molecule has 1 aliphatic heterocycles. The van der Waals surface area contributed by atoms with Gasteiger partial charge in [-0.1, -0.05) is 0 Å². The van der Waals surface area contributed by atoms with E-state index in [0.717, 1.165) is 11.3 Å². The molecule has 2 heterocycles. The maximum absolute atomic E-state index is 12.7.